The summed E-state index contributed by atoms with van der Waals surface area (Å²) >= 11 is 3.00. The molecule has 0 saturated heterocycles. The van der Waals surface area contributed by atoms with Crippen molar-refractivity contribution in [3.05, 3.63) is 71.4 Å². The van der Waals surface area contributed by atoms with Gasteiger partial charge in [0.1, 0.15) is 0 Å². The minimum Gasteiger partial charge on any atom is -0.404 e. The SMILES string of the molecule is N/C=C(\SN)c1ccc(CN2Cc3ccccc3S2)cc1. The van der Waals surface area contributed by atoms with E-state index in [9.17, 15) is 0 Å². The van der Waals surface area contributed by atoms with Crippen LogP contribution in [0.1, 0.15) is 16.7 Å². The molecule has 3 rings (SSSR count). The molecular weight excluding hydrogens is 298 g/mol. The maximum atomic E-state index is 5.59. The van der Waals surface area contributed by atoms with Crippen molar-refractivity contribution in [1.82, 2.24) is 4.31 Å². The molecule has 0 aliphatic carbocycles. The van der Waals surface area contributed by atoms with Crippen molar-refractivity contribution in [2.24, 2.45) is 10.9 Å². The van der Waals surface area contributed by atoms with E-state index in [-0.39, 0.29) is 0 Å². The number of hydrogen-bond acceptors (Lipinski definition) is 5. The van der Waals surface area contributed by atoms with Crippen LogP contribution in [-0.2, 0) is 13.1 Å². The van der Waals surface area contributed by atoms with E-state index < -0.39 is 0 Å². The van der Waals surface area contributed by atoms with Crippen molar-refractivity contribution < 1.29 is 0 Å². The van der Waals surface area contributed by atoms with Crippen molar-refractivity contribution in [2.75, 3.05) is 0 Å². The second-order valence-electron chi connectivity index (χ2n) is 4.84. The summed E-state index contributed by atoms with van der Waals surface area (Å²) in [7, 11) is 0. The van der Waals surface area contributed by atoms with Gasteiger partial charge in [-0.1, -0.05) is 42.5 Å². The lowest BCUT2D eigenvalue weighted by Crippen LogP contribution is -2.09. The summed E-state index contributed by atoms with van der Waals surface area (Å²) in [5.41, 5.74) is 9.32. The molecule has 1 aliphatic rings. The molecule has 0 bridgehead atoms. The second kappa shape index (κ2) is 6.58. The minimum atomic E-state index is 0.893. The van der Waals surface area contributed by atoms with Crippen LogP contribution < -0.4 is 10.9 Å². The first-order valence-corrected chi connectivity index (χ1v) is 8.34. The van der Waals surface area contributed by atoms with Crippen LogP contribution in [0.25, 0.3) is 4.91 Å². The van der Waals surface area contributed by atoms with Gasteiger partial charge in [0, 0.05) is 29.1 Å². The van der Waals surface area contributed by atoms with Crippen molar-refractivity contribution >= 4 is 28.8 Å². The molecule has 1 aliphatic heterocycles. The Morgan fingerprint density at radius 3 is 2.62 bits per heavy atom. The molecule has 0 atom stereocenters. The maximum Gasteiger partial charge on any atom is 0.0452 e. The Bertz CT molecular complexity index is 628. The Balaban J connectivity index is 1.67. The zero-order chi connectivity index (χ0) is 14.7. The van der Waals surface area contributed by atoms with E-state index in [1.54, 1.807) is 6.20 Å². The normalized spacial score (nSPS) is 15.2. The standard InChI is InChI=1S/C16H17N3S2/c17-9-16(20-18)13-7-5-12(6-8-13)10-19-11-14-3-1-2-4-15(14)21-19/h1-9H,10-11,17-18H2/b16-9-. The molecule has 0 amide bonds. The van der Waals surface area contributed by atoms with Crippen LogP contribution in [-0.4, -0.2) is 4.31 Å². The summed E-state index contributed by atoms with van der Waals surface area (Å²) in [6, 6.07) is 17.0. The highest BCUT2D eigenvalue weighted by Crippen LogP contribution is 2.36. The molecule has 0 radical (unpaired) electrons. The lowest BCUT2D eigenvalue weighted by molar-refractivity contribution is 0.475. The van der Waals surface area contributed by atoms with Crippen LogP contribution in [0.15, 0.2) is 59.6 Å². The fraction of sp³-hybridized carbons (Fsp3) is 0.125. The third-order valence-corrected chi connectivity index (χ3v) is 5.16. The van der Waals surface area contributed by atoms with Gasteiger partial charge in [0.25, 0.3) is 0 Å². The Labute approximate surface area is 133 Å². The van der Waals surface area contributed by atoms with Crippen LogP contribution in [0.4, 0.5) is 0 Å². The zero-order valence-electron chi connectivity index (χ0n) is 11.5. The second-order valence-corrected chi connectivity index (χ2v) is 6.66. The van der Waals surface area contributed by atoms with Gasteiger partial charge in [0.15, 0.2) is 0 Å². The predicted molar refractivity (Wildman–Crippen MR) is 91.9 cm³/mol. The van der Waals surface area contributed by atoms with Gasteiger partial charge in [-0.3, -0.25) is 5.14 Å². The van der Waals surface area contributed by atoms with E-state index in [1.165, 1.54) is 28.0 Å². The zero-order valence-corrected chi connectivity index (χ0v) is 13.2. The Morgan fingerprint density at radius 1 is 1.19 bits per heavy atom. The van der Waals surface area contributed by atoms with Crippen LogP contribution in [0.2, 0.25) is 0 Å². The van der Waals surface area contributed by atoms with E-state index in [4.69, 9.17) is 10.9 Å². The van der Waals surface area contributed by atoms with Gasteiger partial charge in [0.2, 0.25) is 0 Å². The van der Waals surface area contributed by atoms with Crippen molar-refractivity contribution in [3.8, 4) is 0 Å². The monoisotopic (exact) mass is 315 g/mol. The molecule has 5 heteroatoms. The molecule has 3 nitrogen and oxygen atoms in total. The molecule has 1 heterocycles. The average Bonchev–Trinajstić information content (AvgIpc) is 2.92. The minimum absolute atomic E-state index is 0.893. The van der Waals surface area contributed by atoms with Crippen LogP contribution in [0.3, 0.4) is 0 Å². The number of benzene rings is 2. The third kappa shape index (κ3) is 3.27. The Hall–Kier alpha value is -1.40. The average molecular weight is 315 g/mol. The molecule has 108 valence electrons. The van der Waals surface area contributed by atoms with E-state index in [2.05, 4.69) is 52.8 Å². The fourth-order valence-electron chi connectivity index (χ4n) is 2.35. The van der Waals surface area contributed by atoms with Crippen molar-refractivity contribution in [1.29, 1.82) is 0 Å². The van der Waals surface area contributed by atoms with Crippen LogP contribution >= 0.6 is 23.9 Å². The largest absolute Gasteiger partial charge is 0.404 e. The lowest BCUT2D eigenvalue weighted by atomic mass is 10.1. The molecule has 0 fully saturated rings. The summed E-state index contributed by atoms with van der Waals surface area (Å²) in [5, 5.41) is 5.59. The van der Waals surface area contributed by atoms with Gasteiger partial charge in [-0.05, 0) is 46.7 Å². The summed E-state index contributed by atoms with van der Waals surface area (Å²) in [6.07, 6.45) is 1.55. The predicted octanol–water partition coefficient (Wildman–Crippen LogP) is 3.57. The maximum absolute atomic E-state index is 5.59. The topological polar surface area (TPSA) is 55.3 Å². The summed E-state index contributed by atoms with van der Waals surface area (Å²) in [6.45, 7) is 1.92. The summed E-state index contributed by atoms with van der Waals surface area (Å²) < 4.78 is 2.37. The quantitative estimate of drug-likeness (QED) is 0.845. The smallest absolute Gasteiger partial charge is 0.0452 e. The highest BCUT2D eigenvalue weighted by atomic mass is 32.2. The number of nitrogens with zero attached hydrogens (tertiary/aromatic N) is 1. The first kappa shape index (κ1) is 14.5. The van der Waals surface area contributed by atoms with E-state index >= 15 is 0 Å². The first-order valence-electron chi connectivity index (χ1n) is 6.69. The summed E-state index contributed by atoms with van der Waals surface area (Å²) in [4.78, 5) is 2.26. The molecule has 0 aromatic heterocycles. The molecular formula is C16H17N3S2. The van der Waals surface area contributed by atoms with Crippen LogP contribution in [0.5, 0.6) is 0 Å². The highest BCUT2D eigenvalue weighted by molar-refractivity contribution is 8.06. The lowest BCUT2D eigenvalue weighted by Gasteiger charge is -2.13. The third-order valence-electron chi connectivity index (χ3n) is 3.42. The van der Waals surface area contributed by atoms with Gasteiger partial charge in [-0.15, -0.1) is 0 Å². The van der Waals surface area contributed by atoms with Crippen LogP contribution in [0, 0.1) is 0 Å². The number of nitrogens with two attached hydrogens (primary N) is 2. The van der Waals surface area contributed by atoms with Gasteiger partial charge in [0.05, 0.1) is 0 Å². The van der Waals surface area contributed by atoms with Gasteiger partial charge < -0.3 is 5.73 Å². The molecule has 2 aromatic carbocycles. The molecule has 21 heavy (non-hydrogen) atoms. The summed E-state index contributed by atoms with van der Waals surface area (Å²) in [5.74, 6) is 0. The molecule has 4 N–H and O–H groups in total. The van der Waals surface area contributed by atoms with E-state index in [0.717, 1.165) is 23.6 Å². The molecule has 0 saturated carbocycles. The number of hydrogen-bond donors (Lipinski definition) is 2. The van der Waals surface area contributed by atoms with Gasteiger partial charge in [-0.2, -0.15) is 0 Å². The van der Waals surface area contributed by atoms with Gasteiger partial charge in [-0.25, -0.2) is 4.31 Å². The molecule has 0 spiro atoms. The van der Waals surface area contributed by atoms with Gasteiger partial charge >= 0.3 is 0 Å². The highest BCUT2D eigenvalue weighted by Gasteiger charge is 2.19. The fourth-order valence-corrected chi connectivity index (χ4v) is 3.79. The molecule has 0 unspecified atom stereocenters. The van der Waals surface area contributed by atoms with E-state index in [1.807, 2.05) is 11.9 Å². The van der Waals surface area contributed by atoms with Crippen molar-refractivity contribution in [3.63, 3.8) is 0 Å². The Morgan fingerprint density at radius 2 is 1.95 bits per heavy atom. The van der Waals surface area contributed by atoms with E-state index in [0.29, 0.717) is 0 Å². The first-order chi connectivity index (χ1) is 10.3. The Kier molecular flexibility index (Phi) is 4.55. The van der Waals surface area contributed by atoms with Crippen molar-refractivity contribution in [2.45, 2.75) is 18.0 Å². The molecule has 2 aromatic rings. The number of fused-ring (bicyclic) bond motifs is 1. The number of rotatable bonds is 4.